The lowest BCUT2D eigenvalue weighted by Gasteiger charge is -2.31. The minimum Gasteiger partial charge on any atom is -0.360 e. The van der Waals surface area contributed by atoms with Crippen LogP contribution in [0.2, 0.25) is 0 Å². The first-order valence-corrected chi connectivity index (χ1v) is 8.79. The average molecular weight is 316 g/mol. The molecule has 0 bridgehead atoms. The third-order valence-corrected chi connectivity index (χ3v) is 5.20. The van der Waals surface area contributed by atoms with E-state index in [1.807, 2.05) is 0 Å². The predicted molar refractivity (Wildman–Crippen MR) is 79.7 cm³/mol. The van der Waals surface area contributed by atoms with Gasteiger partial charge in [-0.05, 0) is 25.3 Å². The van der Waals surface area contributed by atoms with Crippen molar-refractivity contribution in [3.63, 3.8) is 0 Å². The van der Waals surface area contributed by atoms with E-state index in [4.69, 9.17) is 4.52 Å². The van der Waals surface area contributed by atoms with Gasteiger partial charge in [-0.2, -0.15) is 17.4 Å². The highest BCUT2D eigenvalue weighted by molar-refractivity contribution is 7.87. The van der Waals surface area contributed by atoms with E-state index in [-0.39, 0.29) is 6.54 Å². The van der Waals surface area contributed by atoms with Crippen molar-refractivity contribution in [2.24, 2.45) is 5.92 Å². The van der Waals surface area contributed by atoms with Crippen molar-refractivity contribution in [1.82, 2.24) is 19.5 Å². The number of nitrogens with zero attached hydrogens (tertiary/aromatic N) is 2. The monoisotopic (exact) mass is 316 g/mol. The Labute approximate surface area is 126 Å². The third-order valence-electron chi connectivity index (χ3n) is 3.65. The highest BCUT2D eigenvalue weighted by atomic mass is 32.2. The average Bonchev–Trinajstić information content (AvgIpc) is 2.97. The number of aromatic nitrogens is 1. The van der Waals surface area contributed by atoms with E-state index in [0.717, 1.165) is 19.4 Å². The van der Waals surface area contributed by atoms with Crippen LogP contribution < -0.4 is 10.0 Å². The zero-order valence-electron chi connectivity index (χ0n) is 12.6. The minimum absolute atomic E-state index is 0.136. The van der Waals surface area contributed by atoms with Crippen LogP contribution in [0.3, 0.4) is 0 Å². The third kappa shape index (κ3) is 5.06. The van der Waals surface area contributed by atoms with Gasteiger partial charge in [0.15, 0.2) is 5.76 Å². The van der Waals surface area contributed by atoms with Crippen molar-refractivity contribution in [2.45, 2.75) is 39.3 Å². The van der Waals surface area contributed by atoms with Crippen molar-refractivity contribution < 1.29 is 12.9 Å². The molecule has 1 aliphatic rings. The molecule has 0 atom stereocenters. The molecule has 7 nitrogen and oxygen atoms in total. The second kappa shape index (κ2) is 7.35. The summed E-state index contributed by atoms with van der Waals surface area (Å²) in [7, 11) is -3.44. The molecule has 0 unspecified atom stereocenters. The molecule has 0 radical (unpaired) electrons. The van der Waals surface area contributed by atoms with E-state index in [1.54, 1.807) is 6.07 Å². The number of hydrogen-bond acceptors (Lipinski definition) is 5. The molecule has 8 heteroatoms. The van der Waals surface area contributed by atoms with Crippen LogP contribution in [0.15, 0.2) is 16.8 Å². The Balaban J connectivity index is 1.77. The minimum atomic E-state index is -3.44. The Morgan fingerprint density at radius 1 is 1.43 bits per heavy atom. The fraction of sp³-hybridized carbons (Fsp3) is 0.769. The summed E-state index contributed by atoms with van der Waals surface area (Å²) in [5.41, 5.74) is 0. The lowest BCUT2D eigenvalue weighted by atomic mass is 9.98. The van der Waals surface area contributed by atoms with Crippen LogP contribution in [0.5, 0.6) is 0 Å². The Morgan fingerprint density at radius 3 is 2.71 bits per heavy atom. The van der Waals surface area contributed by atoms with Crippen molar-refractivity contribution >= 4 is 10.2 Å². The van der Waals surface area contributed by atoms with E-state index in [9.17, 15) is 8.42 Å². The van der Waals surface area contributed by atoms with E-state index in [2.05, 4.69) is 29.0 Å². The van der Waals surface area contributed by atoms with Crippen LogP contribution in [0.1, 0.15) is 32.4 Å². The summed E-state index contributed by atoms with van der Waals surface area (Å²) in [6.07, 6.45) is 3.28. The molecule has 1 aromatic rings. The summed E-state index contributed by atoms with van der Waals surface area (Å²) in [6.45, 7) is 6.46. The summed E-state index contributed by atoms with van der Waals surface area (Å²) in [4.78, 5) is 0. The zero-order chi connectivity index (χ0) is 15.3. The van der Waals surface area contributed by atoms with Gasteiger partial charge in [-0.15, -0.1) is 0 Å². The molecule has 1 aromatic heterocycles. The Hall–Kier alpha value is -0.960. The van der Waals surface area contributed by atoms with Crippen LogP contribution in [-0.2, 0) is 16.8 Å². The molecule has 120 valence electrons. The van der Waals surface area contributed by atoms with Crippen LogP contribution >= 0.6 is 0 Å². The molecule has 0 saturated carbocycles. The van der Waals surface area contributed by atoms with Gasteiger partial charge in [0, 0.05) is 25.2 Å². The molecule has 0 aliphatic carbocycles. The zero-order valence-corrected chi connectivity index (χ0v) is 13.4. The fourth-order valence-corrected chi connectivity index (χ4v) is 3.54. The fourth-order valence-electron chi connectivity index (χ4n) is 2.34. The molecule has 2 heterocycles. The van der Waals surface area contributed by atoms with Crippen LogP contribution in [0.25, 0.3) is 0 Å². The van der Waals surface area contributed by atoms with E-state index < -0.39 is 10.2 Å². The molecule has 0 spiro atoms. The standard InChI is InChI=1S/C13H24N4O3S/c1-11(2)14-9-12-4-7-17(8-5-12)21(18,19)16-10-13-3-6-15-20-13/h3,6,11-12,14,16H,4-5,7-10H2,1-2H3. The first-order valence-electron chi connectivity index (χ1n) is 7.35. The largest absolute Gasteiger partial charge is 0.360 e. The summed E-state index contributed by atoms with van der Waals surface area (Å²) in [5, 5.41) is 6.96. The molecular formula is C13H24N4O3S. The number of hydrogen-bond donors (Lipinski definition) is 2. The van der Waals surface area contributed by atoms with Crippen molar-refractivity contribution in [2.75, 3.05) is 19.6 Å². The molecule has 1 aliphatic heterocycles. The van der Waals surface area contributed by atoms with E-state index in [0.29, 0.717) is 30.8 Å². The highest BCUT2D eigenvalue weighted by Crippen LogP contribution is 2.18. The van der Waals surface area contributed by atoms with Crippen LogP contribution in [-0.4, -0.2) is 43.6 Å². The van der Waals surface area contributed by atoms with Gasteiger partial charge in [0.1, 0.15) is 0 Å². The number of nitrogens with one attached hydrogen (secondary N) is 2. The lowest BCUT2D eigenvalue weighted by Crippen LogP contribution is -2.46. The maximum absolute atomic E-state index is 12.2. The van der Waals surface area contributed by atoms with Gasteiger partial charge in [-0.1, -0.05) is 19.0 Å². The first kappa shape index (κ1) is 16.4. The quantitative estimate of drug-likeness (QED) is 0.774. The smallest absolute Gasteiger partial charge is 0.279 e. The van der Waals surface area contributed by atoms with Crippen LogP contribution in [0, 0.1) is 5.92 Å². The normalized spacial score (nSPS) is 18.4. The van der Waals surface area contributed by atoms with Crippen molar-refractivity contribution in [3.8, 4) is 0 Å². The number of rotatable bonds is 7. The van der Waals surface area contributed by atoms with Crippen molar-refractivity contribution in [3.05, 3.63) is 18.0 Å². The van der Waals surface area contributed by atoms with Gasteiger partial charge in [0.25, 0.3) is 10.2 Å². The maximum atomic E-state index is 12.2. The van der Waals surface area contributed by atoms with Gasteiger partial charge in [-0.3, -0.25) is 0 Å². The van der Waals surface area contributed by atoms with Gasteiger partial charge in [0.2, 0.25) is 0 Å². The topological polar surface area (TPSA) is 87.5 Å². The van der Waals surface area contributed by atoms with Gasteiger partial charge in [-0.25, -0.2) is 0 Å². The summed E-state index contributed by atoms with van der Waals surface area (Å²) in [6, 6.07) is 2.11. The van der Waals surface area contributed by atoms with E-state index >= 15 is 0 Å². The second-order valence-electron chi connectivity index (χ2n) is 5.71. The summed E-state index contributed by atoms with van der Waals surface area (Å²) >= 11 is 0. The molecule has 2 N–H and O–H groups in total. The van der Waals surface area contributed by atoms with Gasteiger partial charge in [0.05, 0.1) is 12.7 Å². The predicted octanol–water partition coefficient (Wildman–Crippen LogP) is 0.719. The van der Waals surface area contributed by atoms with E-state index in [1.165, 1.54) is 10.5 Å². The Bertz CT molecular complexity index is 508. The van der Waals surface area contributed by atoms with Crippen molar-refractivity contribution in [1.29, 1.82) is 0 Å². The molecule has 0 amide bonds. The second-order valence-corrected chi connectivity index (χ2v) is 7.47. The molecule has 0 aromatic carbocycles. The summed E-state index contributed by atoms with van der Waals surface area (Å²) in [5.74, 6) is 1.06. The first-order chi connectivity index (χ1) is 9.97. The number of piperidine rings is 1. The molecule has 21 heavy (non-hydrogen) atoms. The molecule has 1 fully saturated rings. The van der Waals surface area contributed by atoms with Crippen LogP contribution in [0.4, 0.5) is 0 Å². The lowest BCUT2D eigenvalue weighted by molar-refractivity contribution is 0.261. The Kier molecular flexibility index (Phi) is 5.74. The molecular weight excluding hydrogens is 292 g/mol. The summed E-state index contributed by atoms with van der Waals surface area (Å²) < 4.78 is 33.3. The van der Waals surface area contributed by atoms with Gasteiger partial charge >= 0.3 is 0 Å². The SMILES string of the molecule is CC(C)NCC1CCN(S(=O)(=O)NCc2ccno2)CC1. The molecule has 2 rings (SSSR count). The highest BCUT2D eigenvalue weighted by Gasteiger charge is 2.27. The molecule has 1 saturated heterocycles. The van der Waals surface area contributed by atoms with Gasteiger partial charge < -0.3 is 9.84 Å². The maximum Gasteiger partial charge on any atom is 0.279 e. The Morgan fingerprint density at radius 2 is 2.14 bits per heavy atom.